The second-order valence-electron chi connectivity index (χ2n) is 7.46. The van der Waals surface area contributed by atoms with Crippen molar-refractivity contribution in [3.05, 3.63) is 50.4 Å². The van der Waals surface area contributed by atoms with Gasteiger partial charge in [0, 0.05) is 18.5 Å². The SMILES string of the molecule is O=c1[nH]c(NCc2ccc(Cl)c(Cl)c2)nc2cnn(CC3(CO)CCNCC3)c12. The third-order valence-corrected chi connectivity index (χ3v) is 6.17. The van der Waals surface area contributed by atoms with Crippen LogP contribution in [0.1, 0.15) is 18.4 Å². The van der Waals surface area contributed by atoms with Gasteiger partial charge in [-0.05, 0) is 43.6 Å². The van der Waals surface area contributed by atoms with Gasteiger partial charge in [0.25, 0.3) is 5.56 Å². The molecule has 0 radical (unpaired) electrons. The molecule has 0 amide bonds. The molecule has 1 aromatic carbocycles. The normalized spacial score (nSPS) is 16.2. The van der Waals surface area contributed by atoms with Gasteiger partial charge in [0.05, 0.1) is 22.8 Å². The maximum atomic E-state index is 12.7. The minimum Gasteiger partial charge on any atom is -0.396 e. The van der Waals surface area contributed by atoms with Gasteiger partial charge in [0.15, 0.2) is 5.52 Å². The highest BCUT2D eigenvalue weighted by atomic mass is 35.5. The zero-order valence-electron chi connectivity index (χ0n) is 15.7. The van der Waals surface area contributed by atoms with Crippen molar-refractivity contribution in [2.45, 2.75) is 25.9 Å². The Bertz CT molecular complexity index is 1070. The van der Waals surface area contributed by atoms with Crippen LogP contribution in [0.5, 0.6) is 0 Å². The molecule has 0 atom stereocenters. The van der Waals surface area contributed by atoms with Gasteiger partial charge < -0.3 is 15.7 Å². The summed E-state index contributed by atoms with van der Waals surface area (Å²) in [4.78, 5) is 20.0. The molecule has 4 rings (SSSR count). The molecule has 0 aliphatic carbocycles. The van der Waals surface area contributed by atoms with Crippen LogP contribution in [-0.4, -0.2) is 44.6 Å². The number of anilines is 1. The fourth-order valence-electron chi connectivity index (χ4n) is 3.69. The van der Waals surface area contributed by atoms with Crippen LogP contribution in [0.15, 0.2) is 29.2 Å². The number of fused-ring (bicyclic) bond motifs is 1. The number of aliphatic hydroxyl groups excluding tert-OH is 1. The monoisotopic (exact) mass is 436 g/mol. The van der Waals surface area contributed by atoms with Crippen LogP contribution >= 0.6 is 23.2 Å². The van der Waals surface area contributed by atoms with Crippen molar-refractivity contribution >= 4 is 40.2 Å². The van der Waals surface area contributed by atoms with E-state index < -0.39 is 0 Å². The van der Waals surface area contributed by atoms with Crippen molar-refractivity contribution in [3.8, 4) is 0 Å². The second-order valence-corrected chi connectivity index (χ2v) is 8.28. The number of halogens is 2. The van der Waals surface area contributed by atoms with Crippen LogP contribution < -0.4 is 16.2 Å². The number of benzene rings is 1. The molecular weight excluding hydrogens is 415 g/mol. The zero-order chi connectivity index (χ0) is 20.4. The Morgan fingerprint density at radius 2 is 2.03 bits per heavy atom. The van der Waals surface area contributed by atoms with Crippen molar-refractivity contribution < 1.29 is 5.11 Å². The third kappa shape index (κ3) is 4.25. The summed E-state index contributed by atoms with van der Waals surface area (Å²) in [5.41, 5.74) is 1.28. The van der Waals surface area contributed by atoms with Gasteiger partial charge in [0.2, 0.25) is 5.95 Å². The molecular formula is C19H22Cl2N6O2. The van der Waals surface area contributed by atoms with Gasteiger partial charge in [-0.15, -0.1) is 0 Å². The molecule has 10 heteroatoms. The molecule has 0 saturated carbocycles. The molecule has 8 nitrogen and oxygen atoms in total. The molecule has 154 valence electrons. The van der Waals surface area contributed by atoms with Crippen molar-refractivity contribution in [2.75, 3.05) is 25.0 Å². The van der Waals surface area contributed by atoms with Crippen molar-refractivity contribution in [3.63, 3.8) is 0 Å². The Kier molecular flexibility index (Phi) is 5.78. The molecule has 1 aliphatic heterocycles. The molecule has 1 fully saturated rings. The number of aromatic nitrogens is 4. The Morgan fingerprint density at radius 3 is 2.76 bits per heavy atom. The number of H-pyrrole nitrogens is 1. The first kappa shape index (κ1) is 20.2. The van der Waals surface area contributed by atoms with Crippen LogP contribution in [0.25, 0.3) is 11.0 Å². The maximum Gasteiger partial charge on any atom is 0.278 e. The van der Waals surface area contributed by atoms with E-state index in [9.17, 15) is 9.90 Å². The number of hydrogen-bond acceptors (Lipinski definition) is 6. The summed E-state index contributed by atoms with van der Waals surface area (Å²) in [6.07, 6.45) is 3.25. The van der Waals surface area contributed by atoms with Crippen molar-refractivity contribution in [1.82, 2.24) is 25.1 Å². The number of hydrogen-bond donors (Lipinski definition) is 4. The second kappa shape index (κ2) is 8.31. The van der Waals surface area contributed by atoms with Gasteiger partial charge in [-0.25, -0.2) is 4.98 Å². The third-order valence-electron chi connectivity index (χ3n) is 5.43. The van der Waals surface area contributed by atoms with E-state index in [4.69, 9.17) is 23.2 Å². The standard InChI is InChI=1S/C19H22Cl2N6O2/c20-13-2-1-12(7-14(13)21)8-23-18-25-15-9-24-27(16(15)17(29)26-18)10-19(11-28)3-5-22-6-4-19/h1-2,7,9,22,28H,3-6,8,10-11H2,(H2,23,25,26,29). The molecule has 3 aromatic rings. The largest absolute Gasteiger partial charge is 0.396 e. The fraction of sp³-hybridized carbons (Fsp3) is 0.421. The van der Waals surface area contributed by atoms with Gasteiger partial charge in [0.1, 0.15) is 5.52 Å². The molecule has 29 heavy (non-hydrogen) atoms. The lowest BCUT2D eigenvalue weighted by molar-refractivity contribution is 0.0690. The number of aromatic amines is 1. The highest BCUT2D eigenvalue weighted by Gasteiger charge is 2.33. The number of nitrogens with zero attached hydrogens (tertiary/aromatic N) is 3. The minimum atomic E-state index is -0.276. The first-order valence-electron chi connectivity index (χ1n) is 9.45. The number of rotatable bonds is 6. The average Bonchev–Trinajstić information content (AvgIpc) is 3.12. The smallest absolute Gasteiger partial charge is 0.278 e. The first-order chi connectivity index (χ1) is 14.0. The quantitative estimate of drug-likeness (QED) is 0.472. The molecule has 1 aliphatic rings. The van der Waals surface area contributed by atoms with Crippen molar-refractivity contribution in [2.24, 2.45) is 5.41 Å². The summed E-state index contributed by atoms with van der Waals surface area (Å²) in [5.74, 6) is 0.354. The predicted molar refractivity (Wildman–Crippen MR) is 114 cm³/mol. The lowest BCUT2D eigenvalue weighted by atomic mass is 9.79. The predicted octanol–water partition coefficient (Wildman–Crippen LogP) is 2.40. The zero-order valence-corrected chi connectivity index (χ0v) is 17.2. The van der Waals surface area contributed by atoms with Gasteiger partial charge in [-0.2, -0.15) is 5.10 Å². The van der Waals surface area contributed by atoms with Crippen LogP contribution in [0.2, 0.25) is 10.0 Å². The van der Waals surface area contributed by atoms with E-state index >= 15 is 0 Å². The Balaban J connectivity index is 1.55. The molecule has 0 unspecified atom stereocenters. The topological polar surface area (TPSA) is 108 Å². The molecule has 4 N–H and O–H groups in total. The highest BCUT2D eigenvalue weighted by Crippen LogP contribution is 2.30. The van der Waals surface area contributed by atoms with Crippen LogP contribution in [-0.2, 0) is 13.1 Å². The number of aliphatic hydroxyl groups is 1. The van der Waals surface area contributed by atoms with E-state index in [1.807, 2.05) is 6.07 Å². The summed E-state index contributed by atoms with van der Waals surface area (Å²) in [7, 11) is 0. The van der Waals surface area contributed by atoms with Gasteiger partial charge >= 0.3 is 0 Å². The van der Waals surface area contributed by atoms with Crippen molar-refractivity contribution in [1.29, 1.82) is 0 Å². The molecule has 0 bridgehead atoms. The van der Waals surface area contributed by atoms with E-state index in [0.717, 1.165) is 31.5 Å². The lowest BCUT2D eigenvalue weighted by Gasteiger charge is -2.35. The molecule has 1 saturated heterocycles. The Hall–Kier alpha value is -2.13. The summed E-state index contributed by atoms with van der Waals surface area (Å²) >= 11 is 12.0. The summed E-state index contributed by atoms with van der Waals surface area (Å²) < 4.78 is 1.66. The fourth-order valence-corrected chi connectivity index (χ4v) is 4.01. The van der Waals surface area contributed by atoms with E-state index in [1.165, 1.54) is 0 Å². The van der Waals surface area contributed by atoms with Crippen LogP contribution in [0, 0.1) is 5.41 Å². The Labute approximate surface area is 177 Å². The molecule has 2 aromatic heterocycles. The van der Waals surface area contributed by atoms with E-state index in [2.05, 4.69) is 25.7 Å². The maximum absolute atomic E-state index is 12.7. The van der Waals surface area contributed by atoms with Crippen LogP contribution in [0.4, 0.5) is 5.95 Å². The number of nitrogens with one attached hydrogen (secondary N) is 3. The number of piperidine rings is 1. The van der Waals surface area contributed by atoms with E-state index in [-0.39, 0.29) is 17.6 Å². The minimum absolute atomic E-state index is 0.0602. The first-order valence-corrected chi connectivity index (χ1v) is 10.2. The lowest BCUT2D eigenvalue weighted by Crippen LogP contribution is -2.42. The summed E-state index contributed by atoms with van der Waals surface area (Å²) in [6, 6.07) is 5.34. The van der Waals surface area contributed by atoms with Crippen LogP contribution in [0.3, 0.4) is 0 Å². The highest BCUT2D eigenvalue weighted by molar-refractivity contribution is 6.42. The van der Waals surface area contributed by atoms with Gasteiger partial charge in [-0.1, -0.05) is 29.3 Å². The van der Waals surface area contributed by atoms with Gasteiger partial charge in [-0.3, -0.25) is 14.5 Å². The summed E-state index contributed by atoms with van der Waals surface area (Å²) in [6.45, 7) is 2.66. The molecule has 3 heterocycles. The summed E-state index contributed by atoms with van der Waals surface area (Å²) in [5, 5.41) is 21.7. The van der Waals surface area contributed by atoms with E-state index in [0.29, 0.717) is 40.1 Å². The van der Waals surface area contributed by atoms with E-state index in [1.54, 1.807) is 23.0 Å². The molecule has 0 spiro atoms. The Morgan fingerprint density at radius 1 is 1.24 bits per heavy atom. The average molecular weight is 437 g/mol.